The number of anilines is 1. The molecule has 1 aromatic heterocycles. The summed E-state index contributed by atoms with van der Waals surface area (Å²) in [5.41, 5.74) is 6.16. The third kappa shape index (κ3) is 4.21. The maximum Gasteiger partial charge on any atom is 0.343 e. The number of pyridine rings is 1. The largest absolute Gasteiger partial charge is 0.475 e. The quantitative estimate of drug-likeness (QED) is 0.582. The lowest BCUT2D eigenvalue weighted by atomic mass is 10.2. The molecular weight excluding hydrogens is 236 g/mol. The summed E-state index contributed by atoms with van der Waals surface area (Å²) in [4.78, 5) is 15.5. The lowest BCUT2D eigenvalue weighted by molar-refractivity contribution is 0.0589. The molecule has 0 spiro atoms. The van der Waals surface area contributed by atoms with Gasteiger partial charge >= 0.3 is 5.97 Å². The van der Waals surface area contributed by atoms with Crippen LogP contribution < -0.4 is 10.5 Å². The molecule has 0 aromatic carbocycles. The highest BCUT2D eigenvalue weighted by Gasteiger charge is 2.15. The molecule has 0 bridgehead atoms. The molecule has 0 atom stereocenters. The third-order valence-electron chi connectivity index (χ3n) is 2.09. The van der Waals surface area contributed by atoms with E-state index in [9.17, 15) is 4.79 Å². The first kappa shape index (κ1) is 14.2. The van der Waals surface area contributed by atoms with E-state index in [1.807, 2.05) is 6.92 Å². The standard InChI is InChI=1S/C12H18N2O4/c1-3-4-17-5-6-18-11-10(12(15)16-2)7-9(13)8-14-11/h7-8H,3-6,13H2,1-2H3. The predicted molar refractivity (Wildman–Crippen MR) is 66.6 cm³/mol. The fraction of sp³-hybridized carbons (Fsp3) is 0.500. The summed E-state index contributed by atoms with van der Waals surface area (Å²) in [6.07, 6.45) is 2.38. The Labute approximate surface area is 106 Å². The van der Waals surface area contributed by atoms with Crippen LogP contribution in [-0.2, 0) is 9.47 Å². The summed E-state index contributed by atoms with van der Waals surface area (Å²) in [6.45, 7) is 3.47. The van der Waals surface area contributed by atoms with Crippen molar-refractivity contribution in [2.24, 2.45) is 0 Å². The van der Waals surface area contributed by atoms with Gasteiger partial charge < -0.3 is 19.9 Å². The average Bonchev–Trinajstić information content (AvgIpc) is 2.39. The van der Waals surface area contributed by atoms with Crippen LogP contribution >= 0.6 is 0 Å². The number of aromatic nitrogens is 1. The fourth-order valence-electron chi connectivity index (χ4n) is 1.28. The molecule has 2 N–H and O–H groups in total. The summed E-state index contributed by atoms with van der Waals surface area (Å²) in [7, 11) is 1.29. The summed E-state index contributed by atoms with van der Waals surface area (Å²) in [5, 5.41) is 0. The summed E-state index contributed by atoms with van der Waals surface area (Å²) in [5.74, 6) is -0.324. The highest BCUT2D eigenvalue weighted by atomic mass is 16.5. The molecule has 0 saturated heterocycles. The number of nitrogens with two attached hydrogens (primary N) is 1. The van der Waals surface area contributed by atoms with Crippen molar-refractivity contribution in [2.45, 2.75) is 13.3 Å². The molecule has 0 fully saturated rings. The van der Waals surface area contributed by atoms with Gasteiger partial charge in [-0.15, -0.1) is 0 Å². The van der Waals surface area contributed by atoms with Gasteiger partial charge in [0.1, 0.15) is 12.2 Å². The molecule has 1 heterocycles. The highest BCUT2D eigenvalue weighted by molar-refractivity contribution is 5.92. The van der Waals surface area contributed by atoms with E-state index < -0.39 is 5.97 Å². The van der Waals surface area contributed by atoms with Crippen LogP contribution in [0.15, 0.2) is 12.3 Å². The third-order valence-corrected chi connectivity index (χ3v) is 2.09. The minimum absolute atomic E-state index is 0.205. The normalized spacial score (nSPS) is 10.1. The van der Waals surface area contributed by atoms with Gasteiger partial charge in [-0.3, -0.25) is 0 Å². The van der Waals surface area contributed by atoms with Crippen molar-refractivity contribution in [2.75, 3.05) is 32.7 Å². The van der Waals surface area contributed by atoms with Gasteiger partial charge in [-0.05, 0) is 12.5 Å². The lowest BCUT2D eigenvalue weighted by Crippen LogP contribution is -2.12. The van der Waals surface area contributed by atoms with Crippen LogP contribution in [0.1, 0.15) is 23.7 Å². The number of esters is 1. The number of carbonyl (C=O) groups excluding carboxylic acids is 1. The number of rotatable bonds is 7. The smallest absolute Gasteiger partial charge is 0.343 e. The van der Waals surface area contributed by atoms with Crippen LogP contribution in [0.5, 0.6) is 5.88 Å². The highest BCUT2D eigenvalue weighted by Crippen LogP contribution is 2.18. The van der Waals surface area contributed by atoms with Crippen LogP contribution in [-0.4, -0.2) is 37.9 Å². The zero-order chi connectivity index (χ0) is 13.4. The van der Waals surface area contributed by atoms with Crippen molar-refractivity contribution in [1.82, 2.24) is 4.98 Å². The minimum atomic E-state index is -0.528. The first-order chi connectivity index (χ1) is 8.69. The molecule has 0 saturated carbocycles. The van der Waals surface area contributed by atoms with Gasteiger partial charge in [-0.1, -0.05) is 6.92 Å². The van der Waals surface area contributed by atoms with Crippen molar-refractivity contribution in [1.29, 1.82) is 0 Å². The number of nitrogen functional groups attached to an aromatic ring is 1. The van der Waals surface area contributed by atoms with Crippen molar-refractivity contribution >= 4 is 11.7 Å². The first-order valence-electron chi connectivity index (χ1n) is 5.73. The molecule has 18 heavy (non-hydrogen) atoms. The molecular formula is C12H18N2O4. The molecule has 0 radical (unpaired) electrons. The lowest BCUT2D eigenvalue weighted by Gasteiger charge is -2.09. The van der Waals surface area contributed by atoms with E-state index in [4.69, 9.17) is 15.2 Å². The molecule has 0 aliphatic carbocycles. The molecule has 0 aliphatic heterocycles. The second-order valence-electron chi connectivity index (χ2n) is 3.57. The second kappa shape index (κ2) is 7.50. The molecule has 1 aromatic rings. The van der Waals surface area contributed by atoms with Gasteiger partial charge in [0.15, 0.2) is 0 Å². The topological polar surface area (TPSA) is 83.7 Å². The summed E-state index contributed by atoms with van der Waals surface area (Å²) >= 11 is 0. The summed E-state index contributed by atoms with van der Waals surface area (Å²) in [6, 6.07) is 1.47. The fourth-order valence-corrected chi connectivity index (χ4v) is 1.28. The molecule has 0 amide bonds. The molecule has 0 aliphatic rings. The van der Waals surface area contributed by atoms with Gasteiger partial charge in [0.25, 0.3) is 0 Å². The Bertz CT molecular complexity index is 396. The maximum absolute atomic E-state index is 11.5. The zero-order valence-corrected chi connectivity index (χ0v) is 10.6. The predicted octanol–water partition coefficient (Wildman–Crippen LogP) is 1.26. The number of methoxy groups -OCH3 is 1. The van der Waals surface area contributed by atoms with Gasteiger partial charge in [-0.25, -0.2) is 9.78 Å². The Kier molecular flexibility index (Phi) is 5.93. The van der Waals surface area contributed by atoms with Gasteiger partial charge in [0.2, 0.25) is 5.88 Å². The van der Waals surface area contributed by atoms with E-state index in [1.54, 1.807) is 0 Å². The maximum atomic E-state index is 11.5. The van der Waals surface area contributed by atoms with Gasteiger partial charge in [-0.2, -0.15) is 0 Å². The van der Waals surface area contributed by atoms with Crippen LogP contribution in [0.2, 0.25) is 0 Å². The van der Waals surface area contributed by atoms with Crippen LogP contribution in [0, 0.1) is 0 Å². The Morgan fingerprint density at radius 3 is 2.83 bits per heavy atom. The molecule has 1 rings (SSSR count). The second-order valence-corrected chi connectivity index (χ2v) is 3.57. The monoisotopic (exact) mass is 254 g/mol. The zero-order valence-electron chi connectivity index (χ0n) is 10.6. The number of hydrogen-bond acceptors (Lipinski definition) is 6. The first-order valence-corrected chi connectivity index (χ1v) is 5.73. The molecule has 6 nitrogen and oxygen atoms in total. The number of ether oxygens (including phenoxy) is 3. The Balaban J connectivity index is 2.61. The Morgan fingerprint density at radius 1 is 1.39 bits per heavy atom. The van der Waals surface area contributed by atoms with Crippen molar-refractivity contribution < 1.29 is 19.0 Å². The van der Waals surface area contributed by atoms with Crippen LogP contribution in [0.3, 0.4) is 0 Å². The van der Waals surface area contributed by atoms with E-state index in [0.717, 1.165) is 6.42 Å². The molecule has 100 valence electrons. The van der Waals surface area contributed by atoms with Crippen molar-refractivity contribution in [3.63, 3.8) is 0 Å². The van der Waals surface area contributed by atoms with E-state index >= 15 is 0 Å². The molecule has 6 heteroatoms. The van der Waals surface area contributed by atoms with Crippen LogP contribution in [0.25, 0.3) is 0 Å². The van der Waals surface area contributed by atoms with Gasteiger partial charge in [0, 0.05) is 6.61 Å². The Hall–Kier alpha value is -1.82. The van der Waals surface area contributed by atoms with Crippen LogP contribution in [0.4, 0.5) is 5.69 Å². The van der Waals surface area contributed by atoms with E-state index in [1.165, 1.54) is 19.4 Å². The number of carbonyl (C=O) groups is 1. The Morgan fingerprint density at radius 2 is 2.17 bits per heavy atom. The SMILES string of the molecule is CCCOCCOc1ncc(N)cc1C(=O)OC. The molecule has 0 unspecified atom stereocenters. The number of hydrogen-bond donors (Lipinski definition) is 1. The number of nitrogens with zero attached hydrogens (tertiary/aromatic N) is 1. The van der Waals surface area contributed by atoms with Crippen molar-refractivity contribution in [3.05, 3.63) is 17.8 Å². The van der Waals surface area contributed by atoms with E-state index in [-0.39, 0.29) is 11.4 Å². The van der Waals surface area contributed by atoms with E-state index in [2.05, 4.69) is 9.72 Å². The van der Waals surface area contributed by atoms with E-state index in [0.29, 0.717) is 25.5 Å². The van der Waals surface area contributed by atoms with Crippen molar-refractivity contribution in [3.8, 4) is 5.88 Å². The average molecular weight is 254 g/mol. The van der Waals surface area contributed by atoms with Gasteiger partial charge in [0.05, 0.1) is 25.6 Å². The minimum Gasteiger partial charge on any atom is -0.475 e. The summed E-state index contributed by atoms with van der Waals surface area (Å²) < 4.78 is 15.3.